The zero-order valence-electron chi connectivity index (χ0n) is 16.9. The van der Waals surface area contributed by atoms with Gasteiger partial charge in [-0.1, -0.05) is 78.1 Å². The summed E-state index contributed by atoms with van der Waals surface area (Å²) < 4.78 is 7.23. The van der Waals surface area contributed by atoms with Crippen molar-refractivity contribution >= 4 is 21.1 Å². The summed E-state index contributed by atoms with van der Waals surface area (Å²) in [7, 11) is 0. The van der Waals surface area contributed by atoms with Crippen LogP contribution in [0.1, 0.15) is 111 Å². The normalized spacial score (nSPS) is 10.4. The van der Waals surface area contributed by atoms with Crippen LogP contribution in [0.2, 0.25) is 9.38 Å². The average molecular weight is 433 g/mol. The van der Waals surface area contributed by atoms with E-state index < -0.39 is 0 Å². The molecule has 0 saturated carbocycles. The summed E-state index contributed by atoms with van der Waals surface area (Å²) in [5.74, 6) is 0. The van der Waals surface area contributed by atoms with Crippen LogP contribution in [0.25, 0.3) is 0 Å². The van der Waals surface area contributed by atoms with Crippen molar-refractivity contribution in [3.05, 3.63) is 0 Å². The Kier molecular flexibility index (Phi) is 31.2. The molecule has 0 aliphatic heterocycles. The van der Waals surface area contributed by atoms with Gasteiger partial charge in [-0.25, -0.2) is 0 Å². The standard InChI is InChI=1S/C16H34O.C4H9.CH3.Sn/c1-3-5-7-9-11-13-15-17-16-14-12-10-8-6-4-2;1-3-4-2;;/h3-16H2,1-2H3;1,3-4H2,2H3;1H3;. The molecule has 0 aromatic heterocycles. The van der Waals surface area contributed by atoms with E-state index in [1.807, 2.05) is 0 Å². The van der Waals surface area contributed by atoms with Gasteiger partial charge in [0.1, 0.15) is 0 Å². The van der Waals surface area contributed by atoms with Crippen LogP contribution in [0.3, 0.4) is 0 Å². The van der Waals surface area contributed by atoms with Gasteiger partial charge in [0, 0.05) is 13.2 Å². The van der Waals surface area contributed by atoms with Crippen LogP contribution in [0.5, 0.6) is 0 Å². The van der Waals surface area contributed by atoms with E-state index in [1.165, 1.54) is 89.9 Å². The number of hydrogen-bond donors (Lipinski definition) is 0. The summed E-state index contributed by atoms with van der Waals surface area (Å²) in [4.78, 5) is 2.40. The fourth-order valence-corrected chi connectivity index (χ4v) is 4.44. The third-order valence-corrected chi connectivity index (χ3v) is 6.50. The molecule has 0 unspecified atom stereocenters. The Bertz CT molecular complexity index is 155. The molecule has 0 amide bonds. The molecular formula is C21H46OSn. The van der Waals surface area contributed by atoms with E-state index in [9.17, 15) is 0 Å². The van der Waals surface area contributed by atoms with Crippen molar-refractivity contribution in [1.82, 2.24) is 0 Å². The Balaban J connectivity index is 0. The summed E-state index contributed by atoms with van der Waals surface area (Å²) in [6.07, 6.45) is 19.2. The topological polar surface area (TPSA) is 9.23 Å². The molecule has 0 aromatic rings. The predicted molar refractivity (Wildman–Crippen MR) is 109 cm³/mol. The Morgan fingerprint density at radius 2 is 0.913 bits per heavy atom. The van der Waals surface area contributed by atoms with Crippen molar-refractivity contribution < 1.29 is 4.74 Å². The first-order valence-electron chi connectivity index (χ1n) is 10.6. The summed E-state index contributed by atoms with van der Waals surface area (Å²) in [5.41, 5.74) is 0. The number of ether oxygens (including phenoxy) is 1. The zero-order chi connectivity index (χ0) is 17.4. The Hall–Kier alpha value is 0.759. The first-order valence-corrected chi connectivity index (χ1v) is 15.4. The first-order chi connectivity index (χ1) is 11.3. The zero-order valence-corrected chi connectivity index (χ0v) is 19.8. The van der Waals surface area contributed by atoms with Gasteiger partial charge in [0.2, 0.25) is 0 Å². The fourth-order valence-electron chi connectivity index (χ4n) is 2.42. The van der Waals surface area contributed by atoms with Gasteiger partial charge >= 0.3 is 50.3 Å². The quantitative estimate of drug-likeness (QED) is 0.169. The van der Waals surface area contributed by atoms with E-state index in [4.69, 9.17) is 4.74 Å². The predicted octanol–water partition coefficient (Wildman–Crippen LogP) is 7.68. The van der Waals surface area contributed by atoms with Crippen LogP contribution < -0.4 is 0 Å². The summed E-state index contributed by atoms with van der Waals surface area (Å²) in [5, 5.41) is 0. The second-order valence-electron chi connectivity index (χ2n) is 6.61. The number of hydrogen-bond acceptors (Lipinski definition) is 1. The molecule has 0 aromatic carbocycles. The Labute approximate surface area is 159 Å². The van der Waals surface area contributed by atoms with E-state index in [-0.39, 0.29) is 21.1 Å². The molecular weight excluding hydrogens is 387 g/mol. The van der Waals surface area contributed by atoms with E-state index >= 15 is 0 Å². The van der Waals surface area contributed by atoms with E-state index in [0.29, 0.717) is 0 Å². The molecule has 23 heavy (non-hydrogen) atoms. The summed E-state index contributed by atoms with van der Waals surface area (Å²) in [6.45, 7) is 8.77. The van der Waals surface area contributed by atoms with Crippen LogP contribution in [0.15, 0.2) is 0 Å². The van der Waals surface area contributed by atoms with Crippen molar-refractivity contribution in [3.8, 4) is 0 Å². The molecule has 2 radical (unpaired) electrons. The van der Waals surface area contributed by atoms with Crippen LogP contribution >= 0.6 is 0 Å². The minimum absolute atomic E-state index is 0.190. The Morgan fingerprint density at radius 1 is 0.522 bits per heavy atom. The van der Waals surface area contributed by atoms with Crippen LogP contribution in [0.4, 0.5) is 0 Å². The maximum absolute atomic E-state index is 5.65. The average Bonchev–Trinajstić information content (AvgIpc) is 2.58. The fraction of sp³-hybridized carbons (Fsp3) is 1.00. The van der Waals surface area contributed by atoms with E-state index in [0.717, 1.165) is 13.2 Å². The van der Waals surface area contributed by atoms with Gasteiger partial charge in [-0.15, -0.1) is 0 Å². The van der Waals surface area contributed by atoms with Gasteiger partial charge in [-0.05, 0) is 12.8 Å². The molecule has 0 aliphatic rings. The molecule has 1 nitrogen and oxygen atoms in total. The molecule has 2 heteroatoms. The maximum atomic E-state index is 5.65. The van der Waals surface area contributed by atoms with Crippen molar-refractivity contribution in [2.24, 2.45) is 0 Å². The minimum atomic E-state index is 0.190. The van der Waals surface area contributed by atoms with Crippen LogP contribution in [-0.4, -0.2) is 34.4 Å². The van der Waals surface area contributed by atoms with Crippen molar-refractivity contribution in [2.75, 3.05) is 13.2 Å². The molecule has 140 valence electrons. The van der Waals surface area contributed by atoms with Gasteiger partial charge in [-0.3, -0.25) is 0 Å². The second kappa shape index (κ2) is 27.6. The molecule has 0 atom stereocenters. The molecule has 0 N–H and O–H groups in total. The SMILES string of the molecule is CCCCCCCCOCCCCCCCC.CCC[CH2][Sn][CH3]. The molecule has 0 fully saturated rings. The third-order valence-electron chi connectivity index (χ3n) is 4.06. The number of unbranched alkanes of at least 4 members (excludes halogenated alkanes) is 11. The molecule has 0 spiro atoms. The molecule has 0 saturated heterocycles. The monoisotopic (exact) mass is 434 g/mol. The number of rotatable bonds is 17. The molecule has 0 bridgehead atoms. The molecule has 0 heterocycles. The van der Waals surface area contributed by atoms with Gasteiger partial charge in [0.25, 0.3) is 0 Å². The van der Waals surface area contributed by atoms with Crippen LogP contribution in [-0.2, 0) is 4.74 Å². The summed E-state index contributed by atoms with van der Waals surface area (Å²) >= 11 is 0.190. The van der Waals surface area contributed by atoms with Gasteiger partial charge in [0.05, 0.1) is 0 Å². The van der Waals surface area contributed by atoms with E-state index in [2.05, 4.69) is 25.7 Å². The van der Waals surface area contributed by atoms with E-state index in [1.54, 1.807) is 4.44 Å². The van der Waals surface area contributed by atoms with Gasteiger partial charge < -0.3 is 4.74 Å². The third kappa shape index (κ3) is 31.1. The Morgan fingerprint density at radius 3 is 1.26 bits per heavy atom. The summed E-state index contributed by atoms with van der Waals surface area (Å²) in [6, 6.07) is 0. The van der Waals surface area contributed by atoms with Gasteiger partial charge in [0.15, 0.2) is 0 Å². The van der Waals surface area contributed by atoms with Crippen LogP contribution in [0, 0.1) is 0 Å². The molecule has 0 aliphatic carbocycles. The second-order valence-corrected chi connectivity index (χ2v) is 10.1. The van der Waals surface area contributed by atoms with Crippen molar-refractivity contribution in [2.45, 2.75) is 120 Å². The van der Waals surface area contributed by atoms with Crippen molar-refractivity contribution in [1.29, 1.82) is 0 Å². The first kappa shape index (κ1) is 26.0. The molecule has 0 rings (SSSR count). The van der Waals surface area contributed by atoms with Crippen molar-refractivity contribution in [3.63, 3.8) is 0 Å². The van der Waals surface area contributed by atoms with Gasteiger partial charge in [-0.2, -0.15) is 0 Å².